The maximum atomic E-state index is 14.0. The van der Waals surface area contributed by atoms with Gasteiger partial charge in [0, 0.05) is 6.42 Å². The van der Waals surface area contributed by atoms with Crippen LogP contribution in [0.15, 0.2) is 18.2 Å². The van der Waals surface area contributed by atoms with E-state index in [0.717, 1.165) is 0 Å². The standard InChI is InChI=1S/C9H9ClFNO/c10-8-3-1-2-7(12-8)9(11)4-5-13-6-9/h1-3H,4-6H2. The maximum absolute atomic E-state index is 14.0. The topological polar surface area (TPSA) is 22.1 Å². The number of halogens is 2. The van der Waals surface area contributed by atoms with Crippen LogP contribution in [0.1, 0.15) is 12.1 Å². The van der Waals surface area contributed by atoms with Crippen molar-refractivity contribution >= 4 is 11.6 Å². The summed E-state index contributed by atoms with van der Waals surface area (Å²) in [5.74, 6) is 0. The van der Waals surface area contributed by atoms with E-state index in [4.69, 9.17) is 16.3 Å². The molecule has 13 heavy (non-hydrogen) atoms. The van der Waals surface area contributed by atoms with E-state index in [0.29, 0.717) is 23.9 Å². The van der Waals surface area contributed by atoms with E-state index in [1.807, 2.05) is 0 Å². The molecule has 1 atom stereocenters. The third kappa shape index (κ3) is 1.67. The lowest BCUT2D eigenvalue weighted by Crippen LogP contribution is -2.21. The zero-order valence-corrected chi connectivity index (χ0v) is 7.72. The van der Waals surface area contributed by atoms with E-state index in [2.05, 4.69) is 4.98 Å². The normalized spacial score (nSPS) is 27.8. The van der Waals surface area contributed by atoms with Gasteiger partial charge in [-0.2, -0.15) is 0 Å². The van der Waals surface area contributed by atoms with Gasteiger partial charge in [-0.15, -0.1) is 0 Å². The number of hydrogen-bond donors (Lipinski definition) is 0. The molecule has 1 unspecified atom stereocenters. The lowest BCUT2D eigenvalue weighted by molar-refractivity contribution is 0.108. The minimum atomic E-state index is -1.44. The first-order valence-electron chi connectivity index (χ1n) is 4.10. The van der Waals surface area contributed by atoms with Crippen LogP contribution in [-0.4, -0.2) is 18.2 Å². The molecule has 1 aromatic heterocycles. The minimum Gasteiger partial charge on any atom is -0.378 e. The Morgan fingerprint density at radius 3 is 3.00 bits per heavy atom. The second-order valence-electron chi connectivity index (χ2n) is 3.11. The van der Waals surface area contributed by atoms with Crippen molar-refractivity contribution in [2.45, 2.75) is 12.1 Å². The SMILES string of the molecule is FC1(c2cccc(Cl)n2)CCOC1. The summed E-state index contributed by atoms with van der Waals surface area (Å²) in [5.41, 5.74) is -1.07. The Labute approximate surface area is 80.7 Å². The van der Waals surface area contributed by atoms with Gasteiger partial charge >= 0.3 is 0 Å². The highest BCUT2D eigenvalue weighted by molar-refractivity contribution is 6.29. The van der Waals surface area contributed by atoms with Crippen LogP contribution in [0.2, 0.25) is 5.15 Å². The van der Waals surface area contributed by atoms with Gasteiger partial charge in [0.05, 0.1) is 18.9 Å². The quantitative estimate of drug-likeness (QED) is 0.651. The number of alkyl halides is 1. The summed E-state index contributed by atoms with van der Waals surface area (Å²) in [5, 5.41) is 0.321. The summed E-state index contributed by atoms with van der Waals surface area (Å²) in [4.78, 5) is 3.94. The van der Waals surface area contributed by atoms with E-state index >= 15 is 0 Å². The summed E-state index contributed by atoms with van der Waals surface area (Å²) in [6.07, 6.45) is 0.361. The average molecular weight is 202 g/mol. The van der Waals surface area contributed by atoms with Gasteiger partial charge < -0.3 is 4.74 Å². The molecule has 0 N–H and O–H groups in total. The molecule has 0 saturated carbocycles. The predicted molar refractivity (Wildman–Crippen MR) is 47.5 cm³/mol. The summed E-state index contributed by atoms with van der Waals surface area (Å²) in [6, 6.07) is 4.97. The van der Waals surface area contributed by atoms with Crippen LogP contribution >= 0.6 is 11.6 Å². The van der Waals surface area contributed by atoms with Crippen molar-refractivity contribution in [1.29, 1.82) is 0 Å². The zero-order chi connectivity index (χ0) is 9.31. The van der Waals surface area contributed by atoms with Gasteiger partial charge in [-0.05, 0) is 12.1 Å². The molecule has 0 radical (unpaired) electrons. The Bertz CT molecular complexity index is 312. The van der Waals surface area contributed by atoms with Gasteiger partial charge in [0.1, 0.15) is 5.15 Å². The number of rotatable bonds is 1. The fraction of sp³-hybridized carbons (Fsp3) is 0.444. The molecule has 4 heteroatoms. The molecule has 0 aliphatic carbocycles. The van der Waals surface area contributed by atoms with Crippen LogP contribution in [0.4, 0.5) is 4.39 Å². The molecule has 0 spiro atoms. The van der Waals surface area contributed by atoms with Crippen LogP contribution < -0.4 is 0 Å². The van der Waals surface area contributed by atoms with E-state index < -0.39 is 5.67 Å². The Morgan fingerprint density at radius 1 is 1.54 bits per heavy atom. The lowest BCUT2D eigenvalue weighted by Gasteiger charge is -2.15. The fourth-order valence-corrected chi connectivity index (χ4v) is 1.56. The molecular weight excluding hydrogens is 193 g/mol. The van der Waals surface area contributed by atoms with Gasteiger partial charge in [-0.25, -0.2) is 9.37 Å². The molecule has 1 aromatic rings. The molecule has 2 heterocycles. The molecule has 1 aliphatic rings. The van der Waals surface area contributed by atoms with Crippen molar-refractivity contribution in [3.8, 4) is 0 Å². The fourth-order valence-electron chi connectivity index (χ4n) is 1.40. The first-order chi connectivity index (χ1) is 6.21. The van der Waals surface area contributed by atoms with Crippen molar-refractivity contribution in [2.75, 3.05) is 13.2 Å². The maximum Gasteiger partial charge on any atom is 0.178 e. The van der Waals surface area contributed by atoms with Crippen molar-refractivity contribution < 1.29 is 9.13 Å². The van der Waals surface area contributed by atoms with E-state index in [9.17, 15) is 4.39 Å². The number of pyridine rings is 1. The van der Waals surface area contributed by atoms with Crippen LogP contribution in [0.25, 0.3) is 0 Å². The van der Waals surface area contributed by atoms with E-state index in [-0.39, 0.29) is 6.61 Å². The molecule has 2 nitrogen and oxygen atoms in total. The van der Waals surface area contributed by atoms with Crippen molar-refractivity contribution in [2.24, 2.45) is 0 Å². The number of hydrogen-bond acceptors (Lipinski definition) is 2. The largest absolute Gasteiger partial charge is 0.378 e. The molecule has 0 aromatic carbocycles. The van der Waals surface area contributed by atoms with Crippen molar-refractivity contribution in [3.05, 3.63) is 29.0 Å². The number of nitrogens with zero attached hydrogens (tertiary/aromatic N) is 1. The summed E-state index contributed by atoms with van der Waals surface area (Å²) in [7, 11) is 0. The summed E-state index contributed by atoms with van der Waals surface area (Å²) < 4.78 is 19.0. The molecule has 2 rings (SSSR count). The van der Waals surface area contributed by atoms with Crippen LogP contribution in [0.3, 0.4) is 0 Å². The Balaban J connectivity index is 2.33. The Hall–Kier alpha value is -0.670. The summed E-state index contributed by atoms with van der Waals surface area (Å²) >= 11 is 5.67. The van der Waals surface area contributed by atoms with Gasteiger partial charge in [-0.3, -0.25) is 0 Å². The van der Waals surface area contributed by atoms with Gasteiger partial charge in [0.15, 0.2) is 5.67 Å². The van der Waals surface area contributed by atoms with Crippen LogP contribution in [0.5, 0.6) is 0 Å². The molecule has 1 saturated heterocycles. The lowest BCUT2D eigenvalue weighted by atomic mass is 10.0. The molecule has 1 fully saturated rings. The zero-order valence-electron chi connectivity index (χ0n) is 6.96. The highest BCUT2D eigenvalue weighted by Gasteiger charge is 2.38. The Kier molecular flexibility index (Phi) is 2.22. The molecular formula is C9H9ClFNO. The average Bonchev–Trinajstić information content (AvgIpc) is 2.54. The highest BCUT2D eigenvalue weighted by atomic mass is 35.5. The van der Waals surface area contributed by atoms with Crippen molar-refractivity contribution in [1.82, 2.24) is 4.98 Å². The first-order valence-corrected chi connectivity index (χ1v) is 4.48. The molecule has 70 valence electrons. The smallest absolute Gasteiger partial charge is 0.178 e. The van der Waals surface area contributed by atoms with Gasteiger partial charge in [0.2, 0.25) is 0 Å². The van der Waals surface area contributed by atoms with Crippen LogP contribution in [-0.2, 0) is 10.4 Å². The van der Waals surface area contributed by atoms with Crippen LogP contribution in [0, 0.1) is 0 Å². The summed E-state index contributed by atoms with van der Waals surface area (Å²) in [6.45, 7) is 0.533. The third-order valence-corrected chi connectivity index (χ3v) is 2.36. The third-order valence-electron chi connectivity index (χ3n) is 2.15. The minimum absolute atomic E-state index is 0.0837. The Morgan fingerprint density at radius 2 is 2.38 bits per heavy atom. The first kappa shape index (κ1) is 8.91. The molecule has 0 amide bonds. The predicted octanol–water partition coefficient (Wildman–Crippen LogP) is 2.32. The second-order valence-corrected chi connectivity index (χ2v) is 3.50. The highest BCUT2D eigenvalue weighted by Crippen LogP contribution is 2.33. The van der Waals surface area contributed by atoms with Gasteiger partial charge in [-0.1, -0.05) is 17.7 Å². The second kappa shape index (κ2) is 3.24. The van der Waals surface area contributed by atoms with E-state index in [1.165, 1.54) is 0 Å². The van der Waals surface area contributed by atoms with E-state index in [1.54, 1.807) is 18.2 Å². The number of aromatic nitrogens is 1. The molecule has 1 aliphatic heterocycles. The van der Waals surface area contributed by atoms with Gasteiger partial charge in [0.25, 0.3) is 0 Å². The monoisotopic (exact) mass is 201 g/mol. The van der Waals surface area contributed by atoms with Crippen molar-refractivity contribution in [3.63, 3.8) is 0 Å². The number of ether oxygens (including phenoxy) is 1. The molecule has 0 bridgehead atoms.